The predicted octanol–water partition coefficient (Wildman–Crippen LogP) is 1.30. The van der Waals surface area contributed by atoms with E-state index in [0.717, 1.165) is 16.8 Å². The maximum Gasteiger partial charge on any atom is 0.209 e. The number of benzene rings is 1. The molecular formula is C9H10N2O2. The van der Waals surface area contributed by atoms with E-state index in [1.165, 1.54) is 0 Å². The molecule has 0 amide bonds. The molecule has 4 nitrogen and oxygen atoms in total. The van der Waals surface area contributed by atoms with Crippen LogP contribution in [0.2, 0.25) is 0 Å². The Hall–Kier alpha value is -1.55. The summed E-state index contributed by atoms with van der Waals surface area (Å²) in [4.78, 5) is 4.17. The van der Waals surface area contributed by atoms with Crippen LogP contribution in [0.1, 0.15) is 5.89 Å². The molecule has 0 bridgehead atoms. The van der Waals surface area contributed by atoms with E-state index in [4.69, 9.17) is 14.9 Å². The van der Waals surface area contributed by atoms with Crippen LogP contribution < -0.4 is 10.5 Å². The maximum absolute atomic E-state index is 5.40. The van der Waals surface area contributed by atoms with Crippen LogP contribution in [0.5, 0.6) is 5.75 Å². The highest BCUT2D eigenvalue weighted by molar-refractivity contribution is 5.74. The molecule has 0 saturated carbocycles. The first-order valence-electron chi connectivity index (χ1n) is 3.97. The number of oxazole rings is 1. The van der Waals surface area contributed by atoms with Crippen molar-refractivity contribution < 1.29 is 9.15 Å². The normalized spacial score (nSPS) is 10.6. The van der Waals surface area contributed by atoms with Crippen LogP contribution in [0.4, 0.5) is 0 Å². The lowest BCUT2D eigenvalue weighted by Gasteiger charge is -1.95. The van der Waals surface area contributed by atoms with Gasteiger partial charge in [-0.1, -0.05) is 0 Å². The predicted molar refractivity (Wildman–Crippen MR) is 48.5 cm³/mol. The molecule has 0 spiro atoms. The van der Waals surface area contributed by atoms with Gasteiger partial charge in [0.2, 0.25) is 5.89 Å². The van der Waals surface area contributed by atoms with E-state index in [2.05, 4.69) is 4.98 Å². The van der Waals surface area contributed by atoms with E-state index >= 15 is 0 Å². The first-order valence-corrected chi connectivity index (χ1v) is 3.97. The topological polar surface area (TPSA) is 61.3 Å². The molecule has 0 aliphatic heterocycles. The van der Waals surface area contributed by atoms with Gasteiger partial charge in [0.1, 0.15) is 11.3 Å². The molecule has 4 heteroatoms. The summed E-state index contributed by atoms with van der Waals surface area (Å²) in [6.45, 7) is 0.316. The van der Waals surface area contributed by atoms with Gasteiger partial charge in [0.15, 0.2) is 5.58 Å². The van der Waals surface area contributed by atoms with E-state index in [1.54, 1.807) is 7.11 Å². The summed E-state index contributed by atoms with van der Waals surface area (Å²) in [6.07, 6.45) is 0. The summed E-state index contributed by atoms with van der Waals surface area (Å²) >= 11 is 0. The zero-order valence-corrected chi connectivity index (χ0v) is 7.28. The Kier molecular flexibility index (Phi) is 1.90. The molecule has 0 unspecified atom stereocenters. The second kappa shape index (κ2) is 3.06. The standard InChI is InChI=1S/C9H10N2O2/c1-12-6-2-3-8-7(4-6)11-9(5-10)13-8/h2-4H,5,10H2,1H3. The lowest BCUT2D eigenvalue weighted by Crippen LogP contribution is -1.94. The van der Waals surface area contributed by atoms with E-state index in [9.17, 15) is 0 Å². The van der Waals surface area contributed by atoms with Gasteiger partial charge in [-0.25, -0.2) is 4.98 Å². The second-order valence-corrected chi connectivity index (χ2v) is 2.65. The largest absolute Gasteiger partial charge is 0.497 e. The van der Waals surface area contributed by atoms with Crippen LogP contribution in [0.3, 0.4) is 0 Å². The highest BCUT2D eigenvalue weighted by Gasteiger charge is 2.04. The number of aromatic nitrogens is 1. The van der Waals surface area contributed by atoms with Gasteiger partial charge in [-0.3, -0.25) is 0 Å². The minimum Gasteiger partial charge on any atom is -0.497 e. The van der Waals surface area contributed by atoms with Crippen molar-refractivity contribution in [2.75, 3.05) is 7.11 Å². The first kappa shape index (κ1) is 8.07. The molecule has 0 aliphatic carbocycles. The fourth-order valence-corrected chi connectivity index (χ4v) is 1.17. The molecule has 13 heavy (non-hydrogen) atoms. The molecule has 2 rings (SSSR count). The highest BCUT2D eigenvalue weighted by atomic mass is 16.5. The summed E-state index contributed by atoms with van der Waals surface area (Å²) in [7, 11) is 1.62. The number of hydrogen-bond donors (Lipinski definition) is 1. The van der Waals surface area contributed by atoms with E-state index in [1.807, 2.05) is 18.2 Å². The van der Waals surface area contributed by atoms with Gasteiger partial charge in [0.05, 0.1) is 13.7 Å². The van der Waals surface area contributed by atoms with Crippen LogP contribution in [0, 0.1) is 0 Å². The van der Waals surface area contributed by atoms with Crippen molar-refractivity contribution in [3.63, 3.8) is 0 Å². The Balaban J connectivity index is 2.57. The summed E-state index contributed by atoms with van der Waals surface area (Å²) in [5, 5.41) is 0. The quantitative estimate of drug-likeness (QED) is 0.752. The SMILES string of the molecule is COc1ccc2oc(CN)nc2c1. The minimum absolute atomic E-state index is 0.316. The number of ether oxygens (including phenoxy) is 1. The molecule has 1 aromatic heterocycles. The molecule has 0 atom stereocenters. The zero-order chi connectivity index (χ0) is 9.26. The van der Waals surface area contributed by atoms with Gasteiger partial charge in [-0.15, -0.1) is 0 Å². The van der Waals surface area contributed by atoms with Crippen molar-refractivity contribution in [3.05, 3.63) is 24.1 Å². The Morgan fingerprint density at radius 3 is 3.08 bits per heavy atom. The van der Waals surface area contributed by atoms with Crippen LogP contribution in [-0.4, -0.2) is 12.1 Å². The Bertz CT molecular complexity index is 420. The minimum atomic E-state index is 0.316. The van der Waals surface area contributed by atoms with Crippen molar-refractivity contribution in [2.45, 2.75) is 6.54 Å². The number of nitrogens with two attached hydrogens (primary N) is 1. The number of hydrogen-bond acceptors (Lipinski definition) is 4. The average Bonchev–Trinajstić information content (AvgIpc) is 2.58. The lowest BCUT2D eigenvalue weighted by atomic mass is 10.3. The molecule has 0 aliphatic rings. The van der Waals surface area contributed by atoms with E-state index < -0.39 is 0 Å². The fourth-order valence-electron chi connectivity index (χ4n) is 1.17. The monoisotopic (exact) mass is 178 g/mol. The molecule has 1 heterocycles. The number of rotatable bonds is 2. The van der Waals surface area contributed by atoms with Gasteiger partial charge in [0, 0.05) is 6.07 Å². The summed E-state index contributed by atoms with van der Waals surface area (Å²) in [5.41, 5.74) is 6.91. The maximum atomic E-state index is 5.40. The van der Waals surface area contributed by atoms with Gasteiger partial charge in [-0.05, 0) is 12.1 Å². The van der Waals surface area contributed by atoms with E-state index in [0.29, 0.717) is 12.4 Å². The van der Waals surface area contributed by atoms with Crippen molar-refractivity contribution >= 4 is 11.1 Å². The molecule has 68 valence electrons. The molecule has 0 fully saturated rings. The summed E-state index contributed by atoms with van der Waals surface area (Å²) in [5.74, 6) is 1.31. The number of fused-ring (bicyclic) bond motifs is 1. The van der Waals surface area contributed by atoms with Gasteiger partial charge >= 0.3 is 0 Å². The van der Waals surface area contributed by atoms with Crippen molar-refractivity contribution in [1.29, 1.82) is 0 Å². The van der Waals surface area contributed by atoms with Gasteiger partial charge in [-0.2, -0.15) is 0 Å². The number of nitrogens with zero attached hydrogens (tertiary/aromatic N) is 1. The zero-order valence-electron chi connectivity index (χ0n) is 7.28. The van der Waals surface area contributed by atoms with E-state index in [-0.39, 0.29) is 0 Å². The number of methoxy groups -OCH3 is 1. The smallest absolute Gasteiger partial charge is 0.209 e. The van der Waals surface area contributed by atoms with Crippen LogP contribution in [-0.2, 0) is 6.54 Å². The molecule has 2 aromatic rings. The highest BCUT2D eigenvalue weighted by Crippen LogP contribution is 2.20. The van der Waals surface area contributed by atoms with Gasteiger partial charge in [0.25, 0.3) is 0 Å². The van der Waals surface area contributed by atoms with Crippen LogP contribution in [0.25, 0.3) is 11.1 Å². The van der Waals surface area contributed by atoms with Gasteiger partial charge < -0.3 is 14.9 Å². The molecule has 1 aromatic carbocycles. The average molecular weight is 178 g/mol. The summed E-state index contributed by atoms with van der Waals surface area (Å²) in [6, 6.07) is 5.46. The third-order valence-corrected chi connectivity index (χ3v) is 1.81. The van der Waals surface area contributed by atoms with Crippen molar-refractivity contribution in [1.82, 2.24) is 4.98 Å². The van der Waals surface area contributed by atoms with Crippen LogP contribution in [0.15, 0.2) is 22.6 Å². The fraction of sp³-hybridized carbons (Fsp3) is 0.222. The van der Waals surface area contributed by atoms with Crippen LogP contribution >= 0.6 is 0 Å². The molecule has 0 radical (unpaired) electrons. The third kappa shape index (κ3) is 1.36. The Morgan fingerprint density at radius 2 is 2.38 bits per heavy atom. The Labute approximate surface area is 75.3 Å². The van der Waals surface area contributed by atoms with Crippen molar-refractivity contribution in [3.8, 4) is 5.75 Å². The third-order valence-electron chi connectivity index (χ3n) is 1.81. The van der Waals surface area contributed by atoms with Crippen molar-refractivity contribution in [2.24, 2.45) is 5.73 Å². The Morgan fingerprint density at radius 1 is 1.54 bits per heavy atom. The second-order valence-electron chi connectivity index (χ2n) is 2.65. The first-order chi connectivity index (χ1) is 6.33. The molecule has 0 saturated heterocycles. The molecular weight excluding hydrogens is 168 g/mol. The summed E-state index contributed by atoms with van der Waals surface area (Å²) < 4.78 is 10.4. The molecule has 2 N–H and O–H groups in total. The lowest BCUT2D eigenvalue weighted by molar-refractivity contribution is 0.415.